The summed E-state index contributed by atoms with van der Waals surface area (Å²) < 4.78 is 1.11. The zero-order valence-electron chi connectivity index (χ0n) is 11.1. The largest absolute Gasteiger partial charge is 0.370 e. The van der Waals surface area contributed by atoms with Crippen molar-refractivity contribution in [2.45, 2.75) is 13.5 Å². The Hall–Kier alpha value is -1.61. The normalized spacial score (nSPS) is 10.3. The van der Waals surface area contributed by atoms with Crippen LogP contribution < -0.4 is 4.90 Å². The summed E-state index contributed by atoms with van der Waals surface area (Å²) in [5.41, 5.74) is 4.21. The van der Waals surface area contributed by atoms with Crippen molar-refractivity contribution in [2.75, 3.05) is 11.9 Å². The molecule has 98 valence electrons. The van der Waals surface area contributed by atoms with Crippen LogP contribution in [0.15, 0.2) is 46.9 Å². The number of nitrogens with zero attached hydrogens (tertiary/aromatic N) is 1. The lowest BCUT2D eigenvalue weighted by molar-refractivity contribution is 0.112. The first-order chi connectivity index (χ1) is 9.11. The van der Waals surface area contributed by atoms with Gasteiger partial charge in [-0.1, -0.05) is 34.1 Å². The topological polar surface area (TPSA) is 20.3 Å². The van der Waals surface area contributed by atoms with Crippen molar-refractivity contribution in [3.05, 3.63) is 63.6 Å². The molecule has 0 aromatic heterocycles. The van der Waals surface area contributed by atoms with Crippen LogP contribution in [-0.2, 0) is 6.54 Å². The standard InChI is InChI=1S/C16H16BrNO/c1-12-9-13(11-19)7-8-16(12)18(2)10-14-5-3-4-6-15(14)17/h3-9,11H,10H2,1-2H3. The van der Waals surface area contributed by atoms with Crippen molar-refractivity contribution in [3.63, 3.8) is 0 Å². The van der Waals surface area contributed by atoms with Gasteiger partial charge < -0.3 is 4.90 Å². The van der Waals surface area contributed by atoms with Crippen LogP contribution in [0.1, 0.15) is 21.5 Å². The summed E-state index contributed by atoms with van der Waals surface area (Å²) >= 11 is 3.57. The first kappa shape index (κ1) is 13.8. The van der Waals surface area contributed by atoms with Gasteiger partial charge in [0.2, 0.25) is 0 Å². The molecule has 0 aliphatic carbocycles. The van der Waals surface area contributed by atoms with Gasteiger partial charge in [-0.25, -0.2) is 0 Å². The molecule has 0 spiro atoms. The molecular formula is C16H16BrNO. The van der Waals surface area contributed by atoms with E-state index in [9.17, 15) is 4.79 Å². The Morgan fingerprint density at radius 3 is 2.58 bits per heavy atom. The molecule has 0 atom stereocenters. The molecule has 0 fully saturated rings. The van der Waals surface area contributed by atoms with Gasteiger partial charge in [0.25, 0.3) is 0 Å². The fourth-order valence-corrected chi connectivity index (χ4v) is 2.56. The van der Waals surface area contributed by atoms with E-state index in [0.29, 0.717) is 0 Å². The maximum Gasteiger partial charge on any atom is 0.150 e. The fourth-order valence-electron chi connectivity index (χ4n) is 2.15. The van der Waals surface area contributed by atoms with E-state index in [-0.39, 0.29) is 0 Å². The number of anilines is 1. The molecule has 0 saturated heterocycles. The highest BCUT2D eigenvalue weighted by Gasteiger charge is 2.07. The number of halogens is 1. The number of carbonyl (C=O) groups is 1. The third-order valence-corrected chi connectivity index (χ3v) is 3.91. The number of hydrogen-bond acceptors (Lipinski definition) is 2. The minimum atomic E-state index is 0.718. The summed E-state index contributed by atoms with van der Waals surface area (Å²) in [4.78, 5) is 12.9. The second-order valence-corrected chi connectivity index (χ2v) is 5.47. The highest BCUT2D eigenvalue weighted by Crippen LogP contribution is 2.24. The summed E-state index contributed by atoms with van der Waals surface area (Å²) in [6.07, 6.45) is 0.880. The van der Waals surface area contributed by atoms with Gasteiger partial charge >= 0.3 is 0 Å². The predicted octanol–water partition coefficient (Wildman–Crippen LogP) is 4.21. The van der Waals surface area contributed by atoms with E-state index >= 15 is 0 Å². The van der Waals surface area contributed by atoms with Crippen LogP contribution in [-0.4, -0.2) is 13.3 Å². The van der Waals surface area contributed by atoms with E-state index in [1.807, 2.05) is 43.3 Å². The monoisotopic (exact) mass is 317 g/mol. The van der Waals surface area contributed by atoms with Crippen molar-refractivity contribution in [2.24, 2.45) is 0 Å². The molecule has 19 heavy (non-hydrogen) atoms. The van der Waals surface area contributed by atoms with Crippen molar-refractivity contribution in [1.29, 1.82) is 0 Å². The van der Waals surface area contributed by atoms with Gasteiger partial charge in [0.05, 0.1) is 0 Å². The second-order valence-electron chi connectivity index (χ2n) is 4.61. The lowest BCUT2D eigenvalue weighted by Crippen LogP contribution is -2.17. The van der Waals surface area contributed by atoms with Gasteiger partial charge in [-0.2, -0.15) is 0 Å². The van der Waals surface area contributed by atoms with E-state index in [0.717, 1.165) is 34.1 Å². The highest BCUT2D eigenvalue weighted by molar-refractivity contribution is 9.10. The third kappa shape index (κ3) is 3.24. The molecule has 3 heteroatoms. The van der Waals surface area contributed by atoms with Crippen molar-refractivity contribution in [1.82, 2.24) is 0 Å². The first-order valence-corrected chi connectivity index (χ1v) is 6.91. The van der Waals surface area contributed by atoms with Gasteiger partial charge in [0.15, 0.2) is 0 Å². The maximum absolute atomic E-state index is 10.8. The fraction of sp³-hybridized carbons (Fsp3) is 0.188. The first-order valence-electron chi connectivity index (χ1n) is 6.12. The molecule has 2 aromatic carbocycles. The lowest BCUT2D eigenvalue weighted by atomic mass is 10.1. The number of rotatable bonds is 4. The second kappa shape index (κ2) is 6.02. The summed E-state index contributed by atoms with van der Waals surface area (Å²) in [5.74, 6) is 0. The molecule has 2 aromatic rings. The highest BCUT2D eigenvalue weighted by atomic mass is 79.9. The summed E-state index contributed by atoms with van der Waals surface area (Å²) in [7, 11) is 2.06. The van der Waals surface area contributed by atoms with Crippen molar-refractivity contribution in [3.8, 4) is 0 Å². The number of hydrogen-bond donors (Lipinski definition) is 0. The summed E-state index contributed by atoms with van der Waals surface area (Å²) in [6.45, 7) is 2.85. The molecule has 0 N–H and O–H groups in total. The average Bonchev–Trinajstić information content (AvgIpc) is 2.41. The molecule has 0 unspecified atom stereocenters. The zero-order valence-corrected chi connectivity index (χ0v) is 12.6. The van der Waals surface area contributed by atoms with Crippen LogP contribution in [0, 0.1) is 6.92 Å². The molecule has 0 heterocycles. The molecule has 2 rings (SSSR count). The molecule has 0 saturated carbocycles. The SMILES string of the molecule is Cc1cc(C=O)ccc1N(C)Cc1ccccc1Br. The summed E-state index contributed by atoms with van der Waals surface area (Å²) in [6, 6.07) is 14.0. The molecule has 0 aliphatic heterocycles. The number of carbonyl (C=O) groups excluding carboxylic acids is 1. The van der Waals surface area contributed by atoms with Crippen LogP contribution in [0.5, 0.6) is 0 Å². The van der Waals surface area contributed by atoms with Crippen molar-refractivity contribution >= 4 is 27.9 Å². The van der Waals surface area contributed by atoms with E-state index in [1.54, 1.807) is 0 Å². The Bertz CT molecular complexity index is 595. The van der Waals surface area contributed by atoms with Crippen LogP contribution in [0.25, 0.3) is 0 Å². The molecular weight excluding hydrogens is 302 g/mol. The quantitative estimate of drug-likeness (QED) is 0.787. The van der Waals surface area contributed by atoms with Crippen LogP contribution in [0.4, 0.5) is 5.69 Å². The average molecular weight is 318 g/mol. The zero-order chi connectivity index (χ0) is 13.8. The van der Waals surface area contributed by atoms with E-state index in [1.165, 1.54) is 5.56 Å². The molecule has 2 nitrogen and oxygen atoms in total. The number of benzene rings is 2. The Morgan fingerprint density at radius 2 is 1.95 bits per heavy atom. The van der Waals surface area contributed by atoms with Crippen LogP contribution in [0.2, 0.25) is 0 Å². The Morgan fingerprint density at radius 1 is 1.21 bits per heavy atom. The maximum atomic E-state index is 10.8. The third-order valence-electron chi connectivity index (χ3n) is 3.13. The predicted molar refractivity (Wildman–Crippen MR) is 82.8 cm³/mol. The van der Waals surface area contributed by atoms with Gasteiger partial charge in [-0.15, -0.1) is 0 Å². The molecule has 0 radical (unpaired) electrons. The number of aldehydes is 1. The minimum Gasteiger partial charge on any atom is -0.370 e. The Balaban J connectivity index is 2.23. The van der Waals surface area contributed by atoms with E-state index < -0.39 is 0 Å². The Labute approximate surface area is 122 Å². The molecule has 0 aliphatic rings. The van der Waals surface area contributed by atoms with Gasteiger partial charge in [-0.3, -0.25) is 4.79 Å². The van der Waals surface area contributed by atoms with Crippen LogP contribution >= 0.6 is 15.9 Å². The lowest BCUT2D eigenvalue weighted by Gasteiger charge is -2.22. The van der Waals surface area contributed by atoms with Gasteiger partial charge in [-0.05, 0) is 42.3 Å². The molecule has 0 bridgehead atoms. The number of aryl methyl sites for hydroxylation is 1. The molecule has 0 amide bonds. The van der Waals surface area contributed by atoms with Gasteiger partial charge in [0, 0.05) is 29.3 Å². The Kier molecular flexibility index (Phi) is 4.38. The smallest absolute Gasteiger partial charge is 0.150 e. The minimum absolute atomic E-state index is 0.718. The van der Waals surface area contributed by atoms with E-state index in [2.05, 4.69) is 33.9 Å². The van der Waals surface area contributed by atoms with Crippen LogP contribution in [0.3, 0.4) is 0 Å². The summed E-state index contributed by atoms with van der Waals surface area (Å²) in [5, 5.41) is 0. The van der Waals surface area contributed by atoms with E-state index in [4.69, 9.17) is 0 Å². The van der Waals surface area contributed by atoms with Gasteiger partial charge in [0.1, 0.15) is 6.29 Å². The van der Waals surface area contributed by atoms with Crippen molar-refractivity contribution < 1.29 is 4.79 Å².